The molecule has 0 aromatic carbocycles. The van der Waals surface area contributed by atoms with Gasteiger partial charge in [-0.15, -0.1) is 10.2 Å². The second-order valence-electron chi connectivity index (χ2n) is 3.67. The fraction of sp³-hybridized carbons (Fsp3) is 0.455. The predicted molar refractivity (Wildman–Crippen MR) is 66.5 cm³/mol. The average Bonchev–Trinajstić information content (AvgIpc) is 3.05. The van der Waals surface area contributed by atoms with Crippen LogP contribution in [0.3, 0.4) is 0 Å². The summed E-state index contributed by atoms with van der Waals surface area (Å²) in [5.74, 6) is 0.826. The molecule has 0 unspecified atom stereocenters. The number of hydrogen-bond donors (Lipinski definition) is 0. The molecule has 8 heteroatoms. The van der Waals surface area contributed by atoms with Crippen molar-refractivity contribution in [3.63, 3.8) is 0 Å². The van der Waals surface area contributed by atoms with Gasteiger partial charge in [-0.3, -0.25) is 4.79 Å². The van der Waals surface area contributed by atoms with Crippen LogP contribution in [0.2, 0.25) is 0 Å². The van der Waals surface area contributed by atoms with Gasteiger partial charge in [0.05, 0.1) is 7.11 Å². The Labute approximate surface area is 113 Å². The monoisotopic (exact) mass is 283 g/mol. The number of ether oxygens (including phenoxy) is 1. The summed E-state index contributed by atoms with van der Waals surface area (Å²) < 4.78 is 15.0. The predicted octanol–water partition coefficient (Wildman–Crippen LogP) is 1.94. The van der Waals surface area contributed by atoms with Gasteiger partial charge in [-0.2, -0.15) is 0 Å². The standard InChI is InChI=1S/C11H13N3O4S/c1-3-4-7-5-8(14-18-7)10-12-13-11(17-10)19-6-9(15)16-2/h5H,3-4,6H2,1-2H3. The highest BCUT2D eigenvalue weighted by atomic mass is 32.2. The third-order valence-electron chi connectivity index (χ3n) is 2.22. The molecule has 0 aliphatic carbocycles. The number of rotatable bonds is 6. The Bertz CT molecular complexity index is 552. The zero-order valence-electron chi connectivity index (χ0n) is 10.6. The number of carbonyl (C=O) groups excluding carboxylic acids is 1. The summed E-state index contributed by atoms with van der Waals surface area (Å²) in [6.45, 7) is 2.05. The molecule has 0 fully saturated rings. The maximum Gasteiger partial charge on any atom is 0.316 e. The molecule has 2 rings (SSSR count). The van der Waals surface area contributed by atoms with Crippen LogP contribution < -0.4 is 0 Å². The Morgan fingerprint density at radius 1 is 1.47 bits per heavy atom. The minimum absolute atomic E-state index is 0.123. The maximum atomic E-state index is 11.0. The largest absolute Gasteiger partial charge is 0.468 e. The number of aryl methyl sites for hydroxylation is 1. The number of methoxy groups -OCH3 is 1. The lowest BCUT2D eigenvalue weighted by Crippen LogP contribution is -2.02. The Morgan fingerprint density at radius 2 is 2.32 bits per heavy atom. The highest BCUT2D eigenvalue weighted by Crippen LogP contribution is 2.23. The molecule has 2 aromatic rings. The van der Waals surface area contributed by atoms with E-state index in [0.717, 1.165) is 30.4 Å². The van der Waals surface area contributed by atoms with E-state index in [0.29, 0.717) is 10.9 Å². The SMILES string of the molecule is CCCc1cc(-c2nnc(SCC(=O)OC)o2)no1. The van der Waals surface area contributed by atoms with E-state index in [4.69, 9.17) is 8.94 Å². The molecule has 0 atom stereocenters. The highest BCUT2D eigenvalue weighted by Gasteiger charge is 2.14. The summed E-state index contributed by atoms with van der Waals surface area (Å²) in [4.78, 5) is 11.0. The summed E-state index contributed by atoms with van der Waals surface area (Å²) in [5, 5.41) is 11.8. The molecule has 0 spiro atoms. The zero-order valence-corrected chi connectivity index (χ0v) is 11.4. The van der Waals surface area contributed by atoms with E-state index in [1.165, 1.54) is 7.11 Å². The number of esters is 1. The molecule has 0 saturated carbocycles. The van der Waals surface area contributed by atoms with Crippen molar-refractivity contribution in [3.05, 3.63) is 11.8 Å². The Hall–Kier alpha value is -1.83. The van der Waals surface area contributed by atoms with Gasteiger partial charge in [0.15, 0.2) is 5.69 Å². The van der Waals surface area contributed by atoms with E-state index < -0.39 is 0 Å². The van der Waals surface area contributed by atoms with Gasteiger partial charge in [-0.05, 0) is 6.42 Å². The smallest absolute Gasteiger partial charge is 0.316 e. The van der Waals surface area contributed by atoms with Crippen LogP contribution >= 0.6 is 11.8 Å². The van der Waals surface area contributed by atoms with Crippen molar-refractivity contribution in [2.45, 2.75) is 25.0 Å². The fourth-order valence-corrected chi connectivity index (χ4v) is 1.92. The first-order chi connectivity index (χ1) is 9.22. The summed E-state index contributed by atoms with van der Waals surface area (Å²) in [6, 6.07) is 1.77. The van der Waals surface area contributed by atoms with Crippen LogP contribution in [-0.2, 0) is 16.0 Å². The summed E-state index contributed by atoms with van der Waals surface area (Å²) in [5.41, 5.74) is 0.501. The van der Waals surface area contributed by atoms with Gasteiger partial charge in [0.1, 0.15) is 11.5 Å². The molecule has 2 aromatic heterocycles. The lowest BCUT2D eigenvalue weighted by molar-refractivity contribution is -0.137. The molecule has 19 heavy (non-hydrogen) atoms. The van der Waals surface area contributed by atoms with E-state index in [1.54, 1.807) is 6.07 Å². The molecular formula is C11H13N3O4S. The Balaban J connectivity index is 2.01. The first-order valence-corrected chi connectivity index (χ1v) is 6.70. The average molecular weight is 283 g/mol. The van der Waals surface area contributed by atoms with Crippen molar-refractivity contribution in [2.24, 2.45) is 0 Å². The number of nitrogens with zero attached hydrogens (tertiary/aromatic N) is 3. The van der Waals surface area contributed by atoms with Crippen molar-refractivity contribution in [1.82, 2.24) is 15.4 Å². The van der Waals surface area contributed by atoms with Crippen molar-refractivity contribution >= 4 is 17.7 Å². The fourth-order valence-electron chi connectivity index (χ4n) is 1.33. The summed E-state index contributed by atoms with van der Waals surface area (Å²) in [7, 11) is 1.33. The third kappa shape index (κ3) is 3.57. The molecule has 0 bridgehead atoms. The zero-order chi connectivity index (χ0) is 13.7. The first kappa shape index (κ1) is 13.6. The minimum Gasteiger partial charge on any atom is -0.468 e. The van der Waals surface area contributed by atoms with E-state index >= 15 is 0 Å². The number of carbonyl (C=O) groups is 1. The number of aromatic nitrogens is 3. The van der Waals surface area contributed by atoms with Gasteiger partial charge >= 0.3 is 5.97 Å². The highest BCUT2D eigenvalue weighted by molar-refractivity contribution is 7.99. The Morgan fingerprint density at radius 3 is 3.05 bits per heavy atom. The quantitative estimate of drug-likeness (QED) is 0.586. The summed E-state index contributed by atoms with van der Waals surface area (Å²) in [6.07, 6.45) is 1.78. The molecule has 0 saturated heterocycles. The molecular weight excluding hydrogens is 270 g/mol. The van der Waals surface area contributed by atoms with E-state index in [9.17, 15) is 4.79 Å². The molecule has 0 amide bonds. The van der Waals surface area contributed by atoms with Crippen LogP contribution in [0.15, 0.2) is 20.2 Å². The Kier molecular flexibility index (Phi) is 4.56. The number of thioether (sulfide) groups is 1. The van der Waals surface area contributed by atoms with Crippen LogP contribution in [0, 0.1) is 0 Å². The third-order valence-corrected chi connectivity index (χ3v) is 3.01. The lowest BCUT2D eigenvalue weighted by atomic mass is 10.2. The normalized spacial score (nSPS) is 10.6. The molecule has 0 aliphatic heterocycles. The van der Waals surface area contributed by atoms with E-state index in [-0.39, 0.29) is 17.6 Å². The van der Waals surface area contributed by atoms with Gasteiger partial charge in [-0.25, -0.2) is 0 Å². The van der Waals surface area contributed by atoms with Crippen molar-refractivity contribution in [3.8, 4) is 11.6 Å². The van der Waals surface area contributed by atoms with Gasteiger partial charge in [0.25, 0.3) is 11.1 Å². The first-order valence-electron chi connectivity index (χ1n) is 5.72. The van der Waals surface area contributed by atoms with Crippen LogP contribution in [0.5, 0.6) is 0 Å². The molecule has 102 valence electrons. The summed E-state index contributed by atoms with van der Waals surface area (Å²) >= 11 is 1.11. The molecule has 7 nitrogen and oxygen atoms in total. The van der Waals surface area contributed by atoms with Gasteiger partial charge in [0.2, 0.25) is 0 Å². The van der Waals surface area contributed by atoms with Crippen LogP contribution in [-0.4, -0.2) is 34.2 Å². The topological polar surface area (TPSA) is 91.2 Å². The van der Waals surface area contributed by atoms with Crippen molar-refractivity contribution < 1.29 is 18.5 Å². The van der Waals surface area contributed by atoms with Gasteiger partial charge < -0.3 is 13.7 Å². The lowest BCUT2D eigenvalue weighted by Gasteiger charge is -1.93. The second kappa shape index (κ2) is 6.37. The van der Waals surface area contributed by atoms with Crippen LogP contribution in [0.25, 0.3) is 11.6 Å². The second-order valence-corrected chi connectivity index (χ2v) is 4.59. The minimum atomic E-state index is -0.351. The van der Waals surface area contributed by atoms with E-state index in [1.807, 2.05) is 0 Å². The van der Waals surface area contributed by atoms with Crippen molar-refractivity contribution in [2.75, 3.05) is 12.9 Å². The van der Waals surface area contributed by atoms with Crippen LogP contribution in [0.1, 0.15) is 19.1 Å². The van der Waals surface area contributed by atoms with Gasteiger partial charge in [-0.1, -0.05) is 23.8 Å². The molecule has 2 heterocycles. The maximum absolute atomic E-state index is 11.0. The molecule has 0 aliphatic rings. The number of hydrogen-bond acceptors (Lipinski definition) is 8. The van der Waals surface area contributed by atoms with Crippen molar-refractivity contribution in [1.29, 1.82) is 0 Å². The van der Waals surface area contributed by atoms with Gasteiger partial charge in [0, 0.05) is 12.5 Å². The molecule has 0 N–H and O–H groups in total. The molecule has 0 radical (unpaired) electrons. The van der Waals surface area contributed by atoms with E-state index in [2.05, 4.69) is 27.0 Å². The van der Waals surface area contributed by atoms with Crippen LogP contribution in [0.4, 0.5) is 0 Å².